The van der Waals surface area contributed by atoms with Crippen molar-refractivity contribution in [3.8, 4) is 0 Å². The Bertz CT molecular complexity index is 512. The lowest BCUT2D eigenvalue weighted by Gasteiger charge is -2.38. The molecule has 0 bridgehead atoms. The van der Waals surface area contributed by atoms with E-state index in [1.807, 2.05) is 18.2 Å². The summed E-state index contributed by atoms with van der Waals surface area (Å²) in [4.78, 5) is 4.73. The third-order valence-electron chi connectivity index (χ3n) is 4.27. The van der Waals surface area contributed by atoms with Crippen molar-refractivity contribution in [1.82, 2.24) is 4.90 Å². The lowest BCUT2D eigenvalue weighted by Crippen LogP contribution is -2.43. The highest BCUT2D eigenvalue weighted by Gasteiger charge is 2.24. The van der Waals surface area contributed by atoms with E-state index in [4.69, 9.17) is 10.9 Å². The average molecular weight is 355 g/mol. The summed E-state index contributed by atoms with van der Waals surface area (Å²) in [6, 6.07) is 6.38. The standard InChI is InChI=1S/C15H23BrN4O/c1-3-20-8-6-12(7-9-20)19(2)14-5-4-11(16)10-13(14)15(17)18-21/h4-5,10,12,21H,3,6-9H2,1-2H3,(H2,17,18). The summed E-state index contributed by atoms with van der Waals surface area (Å²) in [5.74, 6) is 0.143. The van der Waals surface area contributed by atoms with E-state index in [2.05, 4.69) is 44.9 Å². The minimum atomic E-state index is 0.143. The Kier molecular flexibility index (Phi) is 5.47. The second-order valence-corrected chi connectivity index (χ2v) is 6.34. The molecular weight excluding hydrogens is 332 g/mol. The fraction of sp³-hybridized carbons (Fsp3) is 0.533. The second kappa shape index (κ2) is 7.13. The van der Waals surface area contributed by atoms with Gasteiger partial charge in [0.05, 0.1) is 0 Å². The van der Waals surface area contributed by atoms with Crippen molar-refractivity contribution in [3.05, 3.63) is 28.2 Å². The van der Waals surface area contributed by atoms with Crippen molar-refractivity contribution in [2.45, 2.75) is 25.8 Å². The minimum Gasteiger partial charge on any atom is -0.409 e. The summed E-state index contributed by atoms with van der Waals surface area (Å²) < 4.78 is 0.919. The van der Waals surface area contributed by atoms with Gasteiger partial charge in [0.15, 0.2) is 5.84 Å². The molecule has 0 spiro atoms. The van der Waals surface area contributed by atoms with Crippen LogP contribution in [0.25, 0.3) is 0 Å². The molecule has 2 rings (SSSR count). The molecule has 1 aliphatic rings. The highest BCUT2D eigenvalue weighted by atomic mass is 79.9. The number of oxime groups is 1. The number of hydrogen-bond donors (Lipinski definition) is 2. The quantitative estimate of drug-likeness (QED) is 0.377. The molecule has 3 N–H and O–H groups in total. The molecule has 1 fully saturated rings. The van der Waals surface area contributed by atoms with Gasteiger partial charge >= 0.3 is 0 Å². The number of amidine groups is 1. The molecule has 1 saturated heterocycles. The molecule has 21 heavy (non-hydrogen) atoms. The van der Waals surface area contributed by atoms with Gasteiger partial charge in [-0.3, -0.25) is 0 Å². The molecule has 116 valence electrons. The second-order valence-electron chi connectivity index (χ2n) is 5.42. The van der Waals surface area contributed by atoms with Gasteiger partial charge < -0.3 is 20.7 Å². The molecule has 5 nitrogen and oxygen atoms in total. The SMILES string of the molecule is CCN1CCC(N(C)c2ccc(Br)cc2/C(N)=N/O)CC1. The van der Waals surface area contributed by atoms with Crippen LogP contribution in [0.2, 0.25) is 0 Å². The summed E-state index contributed by atoms with van der Waals surface area (Å²) in [6.07, 6.45) is 2.27. The Labute approximate surface area is 134 Å². The van der Waals surface area contributed by atoms with Crippen LogP contribution >= 0.6 is 15.9 Å². The molecule has 1 aromatic rings. The zero-order valence-corrected chi connectivity index (χ0v) is 14.2. The zero-order chi connectivity index (χ0) is 15.4. The summed E-state index contributed by atoms with van der Waals surface area (Å²) in [7, 11) is 2.09. The number of anilines is 1. The predicted octanol–water partition coefficient (Wildman–Crippen LogP) is 2.46. The molecule has 0 aromatic heterocycles. The van der Waals surface area contributed by atoms with Crippen LogP contribution in [0, 0.1) is 0 Å². The summed E-state index contributed by atoms with van der Waals surface area (Å²) in [5, 5.41) is 12.1. The first-order valence-corrected chi connectivity index (χ1v) is 8.08. The molecular formula is C15H23BrN4O. The maximum Gasteiger partial charge on any atom is 0.172 e. The highest BCUT2D eigenvalue weighted by Crippen LogP contribution is 2.28. The predicted molar refractivity (Wildman–Crippen MR) is 90.2 cm³/mol. The third-order valence-corrected chi connectivity index (χ3v) is 4.77. The van der Waals surface area contributed by atoms with E-state index in [-0.39, 0.29) is 5.84 Å². The lowest BCUT2D eigenvalue weighted by molar-refractivity contribution is 0.221. The van der Waals surface area contributed by atoms with E-state index in [0.29, 0.717) is 6.04 Å². The maximum absolute atomic E-state index is 8.98. The molecule has 1 aromatic carbocycles. The third kappa shape index (κ3) is 3.68. The Hall–Kier alpha value is -1.27. The molecule has 0 radical (unpaired) electrons. The molecule has 0 amide bonds. The van der Waals surface area contributed by atoms with Crippen LogP contribution in [0.15, 0.2) is 27.8 Å². The van der Waals surface area contributed by atoms with Gasteiger partial charge in [0.1, 0.15) is 0 Å². The van der Waals surface area contributed by atoms with Crippen LogP contribution in [-0.2, 0) is 0 Å². The van der Waals surface area contributed by atoms with Crippen LogP contribution in [0.1, 0.15) is 25.3 Å². The van der Waals surface area contributed by atoms with Crippen molar-refractivity contribution in [3.63, 3.8) is 0 Å². The molecule has 0 atom stereocenters. The van der Waals surface area contributed by atoms with Gasteiger partial charge in [-0.1, -0.05) is 28.0 Å². The van der Waals surface area contributed by atoms with Crippen LogP contribution < -0.4 is 10.6 Å². The van der Waals surface area contributed by atoms with E-state index in [1.165, 1.54) is 0 Å². The Balaban J connectivity index is 2.21. The van der Waals surface area contributed by atoms with Crippen molar-refractivity contribution in [2.75, 3.05) is 31.6 Å². The fourth-order valence-electron chi connectivity index (χ4n) is 2.89. The summed E-state index contributed by atoms with van der Waals surface area (Å²) >= 11 is 3.44. The molecule has 1 aliphatic heterocycles. The van der Waals surface area contributed by atoms with Crippen molar-refractivity contribution in [2.24, 2.45) is 10.9 Å². The average Bonchev–Trinajstić information content (AvgIpc) is 2.53. The van der Waals surface area contributed by atoms with Crippen LogP contribution in [0.5, 0.6) is 0 Å². The summed E-state index contributed by atoms with van der Waals surface area (Å²) in [5.41, 5.74) is 7.58. The topological polar surface area (TPSA) is 65.1 Å². The summed E-state index contributed by atoms with van der Waals surface area (Å²) in [6.45, 7) is 5.57. The molecule has 0 unspecified atom stereocenters. The number of hydrogen-bond acceptors (Lipinski definition) is 4. The van der Waals surface area contributed by atoms with Crippen LogP contribution in [0.3, 0.4) is 0 Å². The largest absolute Gasteiger partial charge is 0.409 e. The first kappa shape index (κ1) is 16.1. The van der Waals surface area contributed by atoms with Crippen LogP contribution in [-0.4, -0.2) is 48.7 Å². The van der Waals surface area contributed by atoms with Gasteiger partial charge in [-0.15, -0.1) is 0 Å². The number of nitrogens with zero attached hydrogens (tertiary/aromatic N) is 3. The number of rotatable bonds is 4. The van der Waals surface area contributed by atoms with Crippen molar-refractivity contribution >= 4 is 27.5 Å². The molecule has 1 heterocycles. The molecule has 0 aliphatic carbocycles. The van der Waals surface area contributed by atoms with Gasteiger partial charge in [0.25, 0.3) is 0 Å². The number of benzene rings is 1. The zero-order valence-electron chi connectivity index (χ0n) is 12.6. The Morgan fingerprint density at radius 2 is 2.14 bits per heavy atom. The van der Waals surface area contributed by atoms with Crippen molar-refractivity contribution in [1.29, 1.82) is 0 Å². The lowest BCUT2D eigenvalue weighted by atomic mass is 10.0. The number of piperidine rings is 1. The van der Waals surface area contributed by atoms with Gasteiger partial charge in [-0.05, 0) is 37.6 Å². The number of halogens is 1. The maximum atomic E-state index is 8.98. The van der Waals surface area contributed by atoms with Gasteiger partial charge in [-0.25, -0.2) is 0 Å². The first-order valence-electron chi connectivity index (χ1n) is 7.29. The minimum absolute atomic E-state index is 0.143. The molecule has 0 saturated carbocycles. The number of nitrogens with two attached hydrogens (primary N) is 1. The highest BCUT2D eigenvalue weighted by molar-refractivity contribution is 9.10. The van der Waals surface area contributed by atoms with Crippen molar-refractivity contribution < 1.29 is 5.21 Å². The monoisotopic (exact) mass is 354 g/mol. The molecule has 6 heteroatoms. The normalized spacial score (nSPS) is 18.0. The van der Waals surface area contributed by atoms with Gasteiger partial charge in [-0.2, -0.15) is 0 Å². The Morgan fingerprint density at radius 3 is 2.71 bits per heavy atom. The van der Waals surface area contributed by atoms with E-state index in [9.17, 15) is 0 Å². The number of likely N-dealkylation sites (tertiary alicyclic amines) is 1. The van der Waals surface area contributed by atoms with E-state index >= 15 is 0 Å². The van der Waals surface area contributed by atoms with Gasteiger partial charge in [0, 0.05) is 41.9 Å². The first-order chi connectivity index (χ1) is 10.1. The van der Waals surface area contributed by atoms with Crippen LogP contribution in [0.4, 0.5) is 5.69 Å². The van der Waals surface area contributed by atoms with E-state index in [0.717, 1.165) is 48.2 Å². The van der Waals surface area contributed by atoms with Gasteiger partial charge in [0.2, 0.25) is 0 Å². The van der Waals surface area contributed by atoms with E-state index in [1.54, 1.807) is 0 Å². The fourth-order valence-corrected chi connectivity index (χ4v) is 3.26. The van der Waals surface area contributed by atoms with E-state index < -0.39 is 0 Å². The Morgan fingerprint density at radius 1 is 1.48 bits per heavy atom. The smallest absolute Gasteiger partial charge is 0.172 e.